The van der Waals surface area contributed by atoms with Gasteiger partial charge in [0.25, 0.3) is 0 Å². The molecule has 0 N–H and O–H groups in total. The Kier molecular flexibility index (Phi) is 4.92. The van der Waals surface area contributed by atoms with Gasteiger partial charge in [-0.1, -0.05) is 35.3 Å². The van der Waals surface area contributed by atoms with Gasteiger partial charge in [0.15, 0.2) is 5.52 Å². The van der Waals surface area contributed by atoms with E-state index in [2.05, 4.69) is 9.88 Å². The molecule has 5 rings (SSSR count). The first-order valence-electron chi connectivity index (χ1n) is 10.8. The Morgan fingerprint density at radius 1 is 0.969 bits per heavy atom. The van der Waals surface area contributed by atoms with Crippen LogP contribution in [0.2, 0.25) is 0 Å². The summed E-state index contributed by atoms with van der Waals surface area (Å²) in [4.78, 5) is 6.65. The number of anilines is 1. The number of hydrogen-bond acceptors (Lipinski definition) is 3. The molecule has 0 saturated carbocycles. The van der Waals surface area contributed by atoms with E-state index >= 15 is 8.63 Å². The smallest absolute Gasteiger partial charge is 0.630 e. The fraction of sp³-hybridized carbons (Fsp3) is 0.167. The third-order valence-electron chi connectivity index (χ3n) is 5.78. The highest BCUT2D eigenvalue weighted by atomic mass is 19.3. The normalized spacial score (nSPS) is 14.6. The van der Waals surface area contributed by atoms with Gasteiger partial charge in [0, 0.05) is 30.6 Å². The van der Waals surface area contributed by atoms with Gasteiger partial charge >= 0.3 is 13.0 Å². The predicted molar refractivity (Wildman–Crippen MR) is 125 cm³/mol. The predicted octanol–water partition coefficient (Wildman–Crippen LogP) is 5.40. The molecular formula is C24H23BF2N4O. The number of nitrogens with zero attached hydrogens (tertiary/aromatic N) is 4. The van der Waals surface area contributed by atoms with Crippen LogP contribution < -0.4 is 9.55 Å². The molecule has 8 heteroatoms. The lowest BCUT2D eigenvalue weighted by Crippen LogP contribution is -2.47. The molecule has 0 unspecified atom stereocenters. The molecule has 1 aromatic heterocycles. The summed E-state index contributed by atoms with van der Waals surface area (Å²) in [7, 11) is -4.39. The minimum absolute atomic E-state index is 0.112. The standard InChI is InChI=1S/C24H23BF2N4O/c1-3-29(4-2)20-15-14-18-17-30(25(26,27)32-23(18)16-20)24-28-21-12-8-9-13-22(21)31(24)19-10-6-5-7-11-19/h5-17H,3-4H2,1-2H3. The largest absolute Gasteiger partial charge is 0.701 e. The zero-order valence-corrected chi connectivity index (χ0v) is 18.0. The molecule has 0 radical (unpaired) electrons. The summed E-state index contributed by atoms with van der Waals surface area (Å²) in [6, 6.07) is 22.2. The molecule has 5 nitrogen and oxygen atoms in total. The number of imidazole rings is 1. The number of aromatic nitrogens is 2. The van der Waals surface area contributed by atoms with Crippen molar-refractivity contribution in [2.75, 3.05) is 18.0 Å². The van der Waals surface area contributed by atoms with Crippen molar-refractivity contribution in [3.63, 3.8) is 0 Å². The lowest BCUT2D eigenvalue weighted by atomic mass is 10.00. The van der Waals surface area contributed by atoms with E-state index in [1.807, 2.05) is 80.6 Å². The molecule has 3 aromatic carbocycles. The molecule has 1 aliphatic rings. The van der Waals surface area contributed by atoms with Crippen molar-refractivity contribution >= 4 is 35.9 Å². The van der Waals surface area contributed by atoms with Crippen LogP contribution in [0.1, 0.15) is 19.4 Å². The third kappa shape index (κ3) is 3.32. The van der Waals surface area contributed by atoms with E-state index in [1.165, 1.54) is 6.21 Å². The highest BCUT2D eigenvalue weighted by Crippen LogP contribution is 2.35. The summed E-state index contributed by atoms with van der Waals surface area (Å²) in [6.45, 7) is 5.64. The molecule has 0 bridgehead atoms. The van der Waals surface area contributed by atoms with Crippen LogP contribution in [0, 0.1) is 0 Å². The van der Waals surface area contributed by atoms with Crippen LogP contribution in [0.25, 0.3) is 16.7 Å². The van der Waals surface area contributed by atoms with Gasteiger partial charge in [0.1, 0.15) is 11.2 Å². The van der Waals surface area contributed by atoms with Gasteiger partial charge in [-0.2, -0.15) is 4.57 Å². The molecule has 4 aromatic rings. The summed E-state index contributed by atoms with van der Waals surface area (Å²) in [5, 5.41) is 0. The van der Waals surface area contributed by atoms with Crippen molar-refractivity contribution in [3.8, 4) is 11.4 Å². The van der Waals surface area contributed by atoms with Crippen molar-refractivity contribution in [2.45, 2.75) is 13.8 Å². The first-order valence-corrected chi connectivity index (χ1v) is 10.8. The van der Waals surface area contributed by atoms with Crippen LogP contribution in [-0.4, -0.2) is 40.4 Å². The topological polar surface area (TPSA) is 33.3 Å². The number of fused-ring (bicyclic) bond motifs is 2. The summed E-state index contributed by atoms with van der Waals surface area (Å²) >= 11 is 0. The van der Waals surface area contributed by atoms with E-state index in [-0.39, 0.29) is 11.7 Å². The van der Waals surface area contributed by atoms with Crippen LogP contribution in [0.3, 0.4) is 0 Å². The van der Waals surface area contributed by atoms with Gasteiger partial charge in [-0.3, -0.25) is 0 Å². The van der Waals surface area contributed by atoms with Gasteiger partial charge in [0.2, 0.25) is 0 Å². The van der Waals surface area contributed by atoms with Crippen molar-refractivity contribution < 1.29 is 17.8 Å². The van der Waals surface area contributed by atoms with Crippen molar-refractivity contribution in [2.24, 2.45) is 0 Å². The fourth-order valence-electron chi connectivity index (χ4n) is 4.17. The van der Waals surface area contributed by atoms with Crippen LogP contribution >= 0.6 is 0 Å². The molecule has 2 heterocycles. The third-order valence-corrected chi connectivity index (χ3v) is 5.78. The highest BCUT2D eigenvalue weighted by Gasteiger charge is 2.45. The number of rotatable bonds is 5. The Morgan fingerprint density at radius 3 is 2.44 bits per heavy atom. The van der Waals surface area contributed by atoms with Crippen LogP contribution in [0.15, 0.2) is 72.8 Å². The minimum Gasteiger partial charge on any atom is -0.630 e. The van der Waals surface area contributed by atoms with Gasteiger partial charge in [-0.15, -0.1) is 0 Å². The van der Waals surface area contributed by atoms with Crippen molar-refractivity contribution in [1.29, 1.82) is 0 Å². The Bertz CT molecular complexity index is 1320. The van der Waals surface area contributed by atoms with Gasteiger partial charge in [-0.25, -0.2) is 0 Å². The molecule has 32 heavy (non-hydrogen) atoms. The summed E-state index contributed by atoms with van der Waals surface area (Å²) < 4.78 is 38.7. The maximum Gasteiger partial charge on any atom is 0.701 e. The SMILES string of the molecule is CCN(CC)c1ccc2c(c1)O[B-](F)(F)[N+](c1nc3ccccc3n1-c1ccccc1)=C2. The Balaban J connectivity index is 1.70. The first kappa shape index (κ1) is 20.2. The molecule has 0 amide bonds. The minimum atomic E-state index is -4.39. The number of benzene rings is 3. The van der Waals surface area contributed by atoms with Crippen LogP contribution in [0.5, 0.6) is 5.75 Å². The molecular weight excluding hydrogens is 409 g/mol. The molecule has 0 atom stereocenters. The quantitative estimate of drug-likeness (QED) is 0.396. The van der Waals surface area contributed by atoms with E-state index in [9.17, 15) is 0 Å². The average molecular weight is 432 g/mol. The summed E-state index contributed by atoms with van der Waals surface area (Å²) in [5.74, 6) is 0.291. The Labute approximate surface area is 185 Å². The van der Waals surface area contributed by atoms with Gasteiger partial charge in [0.05, 0.1) is 5.75 Å². The Hall–Kier alpha value is -3.68. The van der Waals surface area contributed by atoms with Crippen LogP contribution in [-0.2, 0) is 0 Å². The molecule has 1 aliphatic heterocycles. The second-order valence-corrected chi connectivity index (χ2v) is 7.68. The molecule has 162 valence electrons. The lowest BCUT2D eigenvalue weighted by Gasteiger charge is -2.33. The number of para-hydroxylation sites is 3. The molecule has 0 saturated heterocycles. The molecule has 0 aliphatic carbocycles. The van der Waals surface area contributed by atoms with Gasteiger partial charge in [-0.05, 0) is 56.3 Å². The maximum absolute atomic E-state index is 15.4. The second-order valence-electron chi connectivity index (χ2n) is 7.68. The first-order chi connectivity index (χ1) is 15.5. The van der Waals surface area contributed by atoms with E-state index in [4.69, 9.17) is 4.65 Å². The highest BCUT2D eigenvalue weighted by molar-refractivity contribution is 6.53. The van der Waals surface area contributed by atoms with E-state index in [0.29, 0.717) is 11.1 Å². The van der Waals surface area contributed by atoms with Gasteiger partial charge < -0.3 is 22.7 Å². The number of halogens is 2. The second kappa shape index (κ2) is 7.78. The summed E-state index contributed by atoms with van der Waals surface area (Å²) in [6.07, 6.45) is 1.44. The summed E-state index contributed by atoms with van der Waals surface area (Å²) in [5.41, 5.74) is 3.57. The van der Waals surface area contributed by atoms with E-state index in [0.717, 1.165) is 34.5 Å². The number of hydrogen-bond donors (Lipinski definition) is 0. The molecule has 0 fully saturated rings. The maximum atomic E-state index is 15.4. The van der Waals surface area contributed by atoms with E-state index in [1.54, 1.807) is 10.6 Å². The van der Waals surface area contributed by atoms with E-state index < -0.39 is 7.04 Å². The fourth-order valence-corrected chi connectivity index (χ4v) is 4.17. The van der Waals surface area contributed by atoms with Crippen molar-refractivity contribution in [3.05, 3.63) is 78.4 Å². The lowest BCUT2D eigenvalue weighted by molar-refractivity contribution is -0.353. The zero-order chi connectivity index (χ0) is 22.3. The monoisotopic (exact) mass is 432 g/mol. The van der Waals surface area contributed by atoms with Crippen LogP contribution in [0.4, 0.5) is 20.3 Å². The van der Waals surface area contributed by atoms with Crippen molar-refractivity contribution in [1.82, 2.24) is 9.55 Å². The average Bonchev–Trinajstić information content (AvgIpc) is 3.18. The Morgan fingerprint density at radius 2 is 1.69 bits per heavy atom. The molecule has 0 spiro atoms. The zero-order valence-electron chi connectivity index (χ0n) is 18.0.